The van der Waals surface area contributed by atoms with Crippen molar-refractivity contribution in [3.63, 3.8) is 0 Å². The molecule has 0 fully saturated rings. The highest BCUT2D eigenvalue weighted by atomic mass is 35.5. The fourth-order valence-corrected chi connectivity index (χ4v) is 2.26. The smallest absolute Gasteiger partial charge is 0.232 e. The van der Waals surface area contributed by atoms with E-state index in [0.29, 0.717) is 22.2 Å². The monoisotopic (exact) mass is 312 g/mol. The summed E-state index contributed by atoms with van der Waals surface area (Å²) in [5.74, 6) is 0.403. The first-order valence-electron chi connectivity index (χ1n) is 5.84. The molecule has 1 heterocycles. The minimum Gasteiger partial charge on any atom is -0.337 e. The van der Waals surface area contributed by atoms with Crippen LogP contribution in [0.5, 0.6) is 0 Å². The first-order chi connectivity index (χ1) is 9.52. The Balaban J connectivity index is 2.32. The molecule has 0 spiro atoms. The van der Waals surface area contributed by atoms with Crippen molar-refractivity contribution >= 4 is 38.8 Å². The molecule has 0 aliphatic heterocycles. The van der Waals surface area contributed by atoms with E-state index >= 15 is 0 Å². The van der Waals surface area contributed by atoms with Gasteiger partial charge < -0.3 is 5.32 Å². The second-order valence-electron chi connectivity index (χ2n) is 3.90. The molecule has 20 heavy (non-hydrogen) atoms. The zero-order chi connectivity index (χ0) is 14.6. The number of para-hydroxylation sites is 2. The number of hydrogen-bond donors (Lipinski definition) is 2. The predicted molar refractivity (Wildman–Crippen MR) is 79.9 cm³/mol. The average Bonchev–Trinajstić information content (AvgIpc) is 2.43. The van der Waals surface area contributed by atoms with Crippen molar-refractivity contribution in [3.8, 4) is 0 Å². The lowest BCUT2D eigenvalue weighted by atomic mass is 10.3. The van der Waals surface area contributed by atoms with E-state index in [1.54, 1.807) is 31.2 Å². The number of aromatic nitrogens is 2. The van der Waals surface area contributed by atoms with Crippen LogP contribution in [0.25, 0.3) is 0 Å². The van der Waals surface area contributed by atoms with Gasteiger partial charge in [-0.2, -0.15) is 0 Å². The molecule has 0 radical (unpaired) electrons. The van der Waals surface area contributed by atoms with Gasteiger partial charge in [0.1, 0.15) is 11.3 Å². The van der Waals surface area contributed by atoms with Crippen molar-refractivity contribution in [2.45, 2.75) is 6.92 Å². The summed E-state index contributed by atoms with van der Waals surface area (Å²) in [4.78, 5) is 7.79. The van der Waals surface area contributed by atoms with Crippen molar-refractivity contribution in [1.29, 1.82) is 0 Å². The molecule has 0 aliphatic carbocycles. The molecule has 0 bridgehead atoms. The second kappa shape index (κ2) is 6.06. The van der Waals surface area contributed by atoms with Crippen molar-refractivity contribution in [1.82, 2.24) is 9.97 Å². The largest absolute Gasteiger partial charge is 0.337 e. The lowest BCUT2D eigenvalue weighted by molar-refractivity contribution is 0.602. The normalized spacial score (nSPS) is 11.1. The molecule has 0 amide bonds. The first-order valence-corrected chi connectivity index (χ1v) is 7.87. The van der Waals surface area contributed by atoms with Crippen LogP contribution in [0.15, 0.2) is 36.8 Å². The molecule has 1 aromatic heterocycles. The van der Waals surface area contributed by atoms with E-state index in [9.17, 15) is 8.42 Å². The van der Waals surface area contributed by atoms with Gasteiger partial charge in [-0.05, 0) is 19.1 Å². The topological polar surface area (TPSA) is 84.0 Å². The minimum atomic E-state index is -3.35. The van der Waals surface area contributed by atoms with Gasteiger partial charge in [-0.1, -0.05) is 23.7 Å². The van der Waals surface area contributed by atoms with E-state index in [1.807, 2.05) is 0 Å². The van der Waals surface area contributed by atoms with Crippen molar-refractivity contribution in [2.24, 2.45) is 0 Å². The number of nitrogens with one attached hydrogen (secondary N) is 2. The van der Waals surface area contributed by atoms with Gasteiger partial charge in [0.05, 0.1) is 23.3 Å². The molecule has 2 rings (SSSR count). The van der Waals surface area contributed by atoms with Crippen LogP contribution in [0.4, 0.5) is 17.2 Å². The molecule has 2 aromatic rings. The number of anilines is 3. The molecule has 0 atom stereocenters. The fraction of sp³-hybridized carbons (Fsp3) is 0.167. The van der Waals surface area contributed by atoms with Gasteiger partial charge in [0.2, 0.25) is 10.0 Å². The van der Waals surface area contributed by atoms with Crippen LogP contribution in [0.3, 0.4) is 0 Å². The summed E-state index contributed by atoms with van der Waals surface area (Å²) >= 11 is 5.96. The van der Waals surface area contributed by atoms with Crippen molar-refractivity contribution in [3.05, 3.63) is 41.8 Å². The summed E-state index contributed by atoms with van der Waals surface area (Å²) < 4.78 is 25.8. The molecule has 0 saturated carbocycles. The molecule has 0 aliphatic rings. The lowest BCUT2D eigenvalue weighted by Crippen LogP contribution is -2.15. The minimum absolute atomic E-state index is 0.00437. The molecular formula is C12H13ClN4O2S. The SMILES string of the molecule is CCS(=O)(=O)Nc1ccccc1Nc1ncncc1Cl. The van der Waals surface area contributed by atoms with Gasteiger partial charge >= 0.3 is 0 Å². The molecular weight excluding hydrogens is 300 g/mol. The van der Waals surface area contributed by atoms with Gasteiger partial charge in [-0.3, -0.25) is 4.72 Å². The Labute approximate surface area is 122 Å². The summed E-state index contributed by atoms with van der Waals surface area (Å²) in [6.07, 6.45) is 2.81. The molecule has 0 saturated heterocycles. The zero-order valence-electron chi connectivity index (χ0n) is 10.7. The van der Waals surface area contributed by atoms with Gasteiger partial charge in [-0.15, -0.1) is 0 Å². The third kappa shape index (κ3) is 3.58. The number of nitrogens with zero attached hydrogens (tertiary/aromatic N) is 2. The summed E-state index contributed by atoms with van der Waals surface area (Å²) in [5, 5.41) is 3.33. The van der Waals surface area contributed by atoms with Crippen LogP contribution in [0, 0.1) is 0 Å². The van der Waals surface area contributed by atoms with Crippen LogP contribution in [-0.2, 0) is 10.0 Å². The Morgan fingerprint density at radius 1 is 1.25 bits per heavy atom. The fourth-order valence-electron chi connectivity index (χ4n) is 1.45. The Morgan fingerprint density at radius 3 is 2.60 bits per heavy atom. The number of hydrogen-bond acceptors (Lipinski definition) is 5. The molecule has 6 nitrogen and oxygen atoms in total. The quantitative estimate of drug-likeness (QED) is 0.886. The van der Waals surface area contributed by atoms with Crippen LogP contribution in [-0.4, -0.2) is 24.1 Å². The summed E-state index contributed by atoms with van der Waals surface area (Å²) in [5.41, 5.74) is 0.995. The van der Waals surface area contributed by atoms with E-state index in [-0.39, 0.29) is 5.75 Å². The third-order valence-electron chi connectivity index (χ3n) is 2.49. The van der Waals surface area contributed by atoms with E-state index < -0.39 is 10.0 Å². The van der Waals surface area contributed by atoms with E-state index in [2.05, 4.69) is 20.0 Å². The maximum absolute atomic E-state index is 11.6. The number of benzene rings is 1. The van der Waals surface area contributed by atoms with E-state index in [4.69, 9.17) is 11.6 Å². The number of halogens is 1. The Morgan fingerprint density at radius 2 is 1.95 bits per heavy atom. The molecule has 8 heteroatoms. The van der Waals surface area contributed by atoms with Gasteiger partial charge in [0.25, 0.3) is 0 Å². The number of sulfonamides is 1. The second-order valence-corrected chi connectivity index (χ2v) is 6.31. The maximum atomic E-state index is 11.6. The lowest BCUT2D eigenvalue weighted by Gasteiger charge is -2.13. The Kier molecular flexibility index (Phi) is 4.41. The first kappa shape index (κ1) is 14.5. The highest BCUT2D eigenvalue weighted by molar-refractivity contribution is 7.92. The number of rotatable bonds is 5. The van der Waals surface area contributed by atoms with Crippen LogP contribution < -0.4 is 10.0 Å². The van der Waals surface area contributed by atoms with Crippen molar-refractivity contribution < 1.29 is 8.42 Å². The van der Waals surface area contributed by atoms with Gasteiger partial charge in [-0.25, -0.2) is 18.4 Å². The summed E-state index contributed by atoms with van der Waals surface area (Å²) in [6.45, 7) is 1.57. The van der Waals surface area contributed by atoms with E-state index in [1.165, 1.54) is 12.5 Å². The zero-order valence-corrected chi connectivity index (χ0v) is 12.2. The Hall–Kier alpha value is -1.86. The van der Waals surface area contributed by atoms with E-state index in [0.717, 1.165) is 0 Å². The predicted octanol–water partition coefficient (Wildman–Crippen LogP) is 2.64. The molecule has 0 unspecified atom stereocenters. The Bertz CT molecular complexity index is 706. The van der Waals surface area contributed by atoms with Crippen molar-refractivity contribution in [2.75, 3.05) is 15.8 Å². The highest BCUT2D eigenvalue weighted by Crippen LogP contribution is 2.28. The standard InChI is InChI=1S/C12H13ClN4O2S/c1-2-20(18,19)17-11-6-4-3-5-10(11)16-12-9(13)7-14-8-15-12/h3-8,17H,2H2,1H3,(H,14,15,16). The average molecular weight is 313 g/mol. The third-order valence-corrected chi connectivity index (χ3v) is 4.06. The summed E-state index contributed by atoms with van der Waals surface area (Å²) in [6, 6.07) is 6.90. The van der Waals surface area contributed by atoms with Gasteiger partial charge in [0, 0.05) is 0 Å². The molecule has 1 aromatic carbocycles. The molecule has 2 N–H and O–H groups in total. The van der Waals surface area contributed by atoms with Crippen LogP contribution in [0.2, 0.25) is 5.02 Å². The van der Waals surface area contributed by atoms with Gasteiger partial charge in [0.15, 0.2) is 5.82 Å². The molecule has 106 valence electrons. The van der Waals surface area contributed by atoms with Crippen LogP contribution >= 0.6 is 11.6 Å². The maximum Gasteiger partial charge on any atom is 0.232 e. The highest BCUT2D eigenvalue weighted by Gasteiger charge is 2.11. The van der Waals surface area contributed by atoms with Crippen LogP contribution in [0.1, 0.15) is 6.92 Å². The summed E-state index contributed by atoms with van der Waals surface area (Å²) in [7, 11) is -3.35.